The molecule has 0 spiro atoms. The summed E-state index contributed by atoms with van der Waals surface area (Å²) >= 11 is 1.51. The molecular weight excluding hydrogens is 264 g/mol. The maximum Gasteiger partial charge on any atom is 0.231 e. The number of pyridine rings is 1. The molecule has 3 aromatic rings. The molecule has 0 unspecified atom stereocenters. The Hall–Kier alpha value is -2.41. The molecule has 0 aliphatic heterocycles. The summed E-state index contributed by atoms with van der Waals surface area (Å²) in [5, 5.41) is 14.0. The minimum atomic E-state index is -0.264. The second kappa shape index (κ2) is 4.69. The number of amides is 1. The number of carbonyl (C=O) groups is 1. The van der Waals surface area contributed by atoms with E-state index in [1.807, 2.05) is 22.2 Å². The molecule has 6 nitrogen and oxygen atoms in total. The number of hydrogen-bond donors (Lipinski definition) is 2. The molecule has 0 bridgehead atoms. The zero-order chi connectivity index (χ0) is 13.2. The third-order valence-electron chi connectivity index (χ3n) is 2.53. The van der Waals surface area contributed by atoms with Crippen molar-refractivity contribution in [2.75, 3.05) is 5.32 Å². The van der Waals surface area contributed by atoms with Crippen LogP contribution >= 0.6 is 11.3 Å². The number of anilines is 1. The van der Waals surface area contributed by atoms with Crippen molar-refractivity contribution in [3.8, 4) is 5.75 Å². The number of aromatic hydroxyl groups is 1. The maximum absolute atomic E-state index is 11.8. The van der Waals surface area contributed by atoms with Crippen LogP contribution in [0.4, 0.5) is 5.82 Å². The molecule has 0 aliphatic rings. The summed E-state index contributed by atoms with van der Waals surface area (Å²) < 4.78 is 1.87. The number of hydrogen-bond acceptors (Lipinski definition) is 5. The van der Waals surface area contributed by atoms with Gasteiger partial charge in [-0.25, -0.2) is 9.97 Å². The van der Waals surface area contributed by atoms with Crippen molar-refractivity contribution in [3.63, 3.8) is 0 Å². The minimum absolute atomic E-state index is 0.0540. The lowest BCUT2D eigenvalue weighted by Gasteiger charge is -2.04. The lowest BCUT2D eigenvalue weighted by molar-refractivity contribution is -0.115. The highest BCUT2D eigenvalue weighted by Crippen LogP contribution is 2.18. The number of nitrogens with zero attached hydrogens (tertiary/aromatic N) is 3. The van der Waals surface area contributed by atoms with Gasteiger partial charge in [-0.1, -0.05) is 0 Å². The summed E-state index contributed by atoms with van der Waals surface area (Å²) in [6, 6.07) is 3.06. The molecule has 3 rings (SSSR count). The van der Waals surface area contributed by atoms with E-state index in [1.54, 1.807) is 6.07 Å². The normalized spacial score (nSPS) is 10.7. The fraction of sp³-hybridized carbons (Fsp3) is 0.0833. The quantitative estimate of drug-likeness (QED) is 0.761. The number of imidazole rings is 1. The van der Waals surface area contributed by atoms with Crippen molar-refractivity contribution in [3.05, 3.63) is 41.8 Å². The van der Waals surface area contributed by atoms with Crippen LogP contribution in [0, 0.1) is 0 Å². The number of carbonyl (C=O) groups excluding carboxylic acids is 1. The predicted molar refractivity (Wildman–Crippen MR) is 71.3 cm³/mol. The summed E-state index contributed by atoms with van der Waals surface area (Å²) in [5.41, 5.74) is 0.680. The lowest BCUT2D eigenvalue weighted by atomic mass is 10.3. The molecule has 0 saturated carbocycles. The monoisotopic (exact) mass is 274 g/mol. The Morgan fingerprint density at radius 2 is 2.42 bits per heavy atom. The zero-order valence-electron chi connectivity index (χ0n) is 9.78. The Labute approximate surface area is 112 Å². The van der Waals surface area contributed by atoms with Gasteiger partial charge < -0.3 is 10.4 Å². The van der Waals surface area contributed by atoms with E-state index in [0.717, 1.165) is 4.96 Å². The van der Waals surface area contributed by atoms with Gasteiger partial charge >= 0.3 is 0 Å². The van der Waals surface area contributed by atoms with Gasteiger partial charge in [0.2, 0.25) is 5.91 Å². The SMILES string of the molecule is O=C(Cc1cn2ccsc2n1)Nc1ncccc1O. The molecule has 19 heavy (non-hydrogen) atoms. The Bertz CT molecular complexity index is 705. The highest BCUT2D eigenvalue weighted by atomic mass is 32.1. The van der Waals surface area contributed by atoms with Crippen LogP contribution in [0.2, 0.25) is 0 Å². The Morgan fingerprint density at radius 1 is 1.53 bits per heavy atom. The second-order valence-corrected chi connectivity index (χ2v) is 4.79. The van der Waals surface area contributed by atoms with Crippen LogP contribution in [-0.2, 0) is 11.2 Å². The fourth-order valence-corrected chi connectivity index (χ4v) is 2.41. The largest absolute Gasteiger partial charge is 0.504 e. The van der Waals surface area contributed by atoms with E-state index in [2.05, 4.69) is 15.3 Å². The van der Waals surface area contributed by atoms with Gasteiger partial charge in [-0.2, -0.15) is 0 Å². The van der Waals surface area contributed by atoms with Gasteiger partial charge in [0.1, 0.15) is 0 Å². The topological polar surface area (TPSA) is 79.5 Å². The molecule has 0 radical (unpaired) electrons. The van der Waals surface area contributed by atoms with Crippen molar-refractivity contribution in [2.24, 2.45) is 0 Å². The molecule has 0 fully saturated rings. The van der Waals surface area contributed by atoms with Gasteiger partial charge in [0, 0.05) is 24.0 Å². The summed E-state index contributed by atoms with van der Waals surface area (Å²) in [6.07, 6.45) is 5.34. The van der Waals surface area contributed by atoms with Crippen LogP contribution in [0.15, 0.2) is 36.1 Å². The number of rotatable bonds is 3. The van der Waals surface area contributed by atoms with Crippen LogP contribution in [0.3, 0.4) is 0 Å². The summed E-state index contributed by atoms with van der Waals surface area (Å²) in [6.45, 7) is 0. The Balaban J connectivity index is 1.72. The average molecular weight is 274 g/mol. The molecule has 0 aromatic carbocycles. The molecule has 96 valence electrons. The molecule has 3 aromatic heterocycles. The van der Waals surface area contributed by atoms with Crippen LogP contribution in [0.25, 0.3) is 4.96 Å². The number of fused-ring (bicyclic) bond motifs is 1. The molecule has 0 saturated heterocycles. The van der Waals surface area contributed by atoms with E-state index in [1.165, 1.54) is 23.6 Å². The third kappa shape index (κ3) is 2.41. The van der Waals surface area contributed by atoms with Crippen molar-refractivity contribution in [1.29, 1.82) is 0 Å². The van der Waals surface area contributed by atoms with Gasteiger partial charge in [-0.05, 0) is 12.1 Å². The third-order valence-corrected chi connectivity index (χ3v) is 3.30. The smallest absolute Gasteiger partial charge is 0.231 e. The van der Waals surface area contributed by atoms with E-state index in [4.69, 9.17) is 0 Å². The first-order valence-electron chi connectivity index (χ1n) is 5.57. The van der Waals surface area contributed by atoms with E-state index < -0.39 is 0 Å². The first-order chi connectivity index (χ1) is 9.22. The zero-order valence-corrected chi connectivity index (χ0v) is 10.6. The van der Waals surface area contributed by atoms with Gasteiger partial charge in [0.25, 0.3) is 0 Å². The van der Waals surface area contributed by atoms with E-state index in [-0.39, 0.29) is 23.9 Å². The first kappa shape index (κ1) is 11.7. The number of nitrogens with one attached hydrogen (secondary N) is 1. The van der Waals surface area contributed by atoms with Crippen LogP contribution in [0.1, 0.15) is 5.69 Å². The molecular formula is C12H10N4O2S. The van der Waals surface area contributed by atoms with Gasteiger partial charge in [0.05, 0.1) is 12.1 Å². The highest BCUT2D eigenvalue weighted by Gasteiger charge is 2.10. The average Bonchev–Trinajstić information content (AvgIpc) is 2.92. The van der Waals surface area contributed by atoms with Gasteiger partial charge in [-0.15, -0.1) is 11.3 Å². The molecule has 0 aliphatic carbocycles. The van der Waals surface area contributed by atoms with E-state index >= 15 is 0 Å². The van der Waals surface area contributed by atoms with E-state index in [9.17, 15) is 9.90 Å². The lowest BCUT2D eigenvalue weighted by Crippen LogP contribution is -2.15. The van der Waals surface area contributed by atoms with Crippen molar-refractivity contribution in [2.45, 2.75) is 6.42 Å². The Morgan fingerprint density at radius 3 is 3.21 bits per heavy atom. The van der Waals surface area contributed by atoms with Gasteiger partial charge in [0.15, 0.2) is 16.5 Å². The number of aromatic nitrogens is 3. The van der Waals surface area contributed by atoms with Crippen molar-refractivity contribution in [1.82, 2.24) is 14.4 Å². The maximum atomic E-state index is 11.8. The molecule has 0 atom stereocenters. The van der Waals surface area contributed by atoms with Crippen LogP contribution < -0.4 is 5.32 Å². The highest BCUT2D eigenvalue weighted by molar-refractivity contribution is 7.15. The standard InChI is InChI=1S/C12H10N4O2S/c17-9-2-1-3-13-11(9)15-10(18)6-8-7-16-4-5-19-12(16)14-8/h1-5,7,17H,6H2,(H,13,15,18). The summed E-state index contributed by atoms with van der Waals surface area (Å²) in [5.74, 6) is -0.157. The van der Waals surface area contributed by atoms with Crippen LogP contribution in [-0.4, -0.2) is 25.4 Å². The molecule has 2 N–H and O–H groups in total. The van der Waals surface area contributed by atoms with E-state index in [0.29, 0.717) is 5.69 Å². The van der Waals surface area contributed by atoms with Gasteiger partial charge in [-0.3, -0.25) is 9.20 Å². The fourth-order valence-electron chi connectivity index (χ4n) is 1.70. The van der Waals surface area contributed by atoms with Crippen molar-refractivity contribution >= 4 is 28.0 Å². The molecule has 7 heteroatoms. The summed E-state index contributed by atoms with van der Waals surface area (Å²) in [4.78, 5) is 20.9. The summed E-state index contributed by atoms with van der Waals surface area (Å²) in [7, 11) is 0. The second-order valence-electron chi connectivity index (χ2n) is 3.92. The van der Waals surface area contributed by atoms with Crippen LogP contribution in [0.5, 0.6) is 5.75 Å². The number of thiazole rings is 1. The molecule has 1 amide bonds. The van der Waals surface area contributed by atoms with Crippen molar-refractivity contribution < 1.29 is 9.90 Å². The minimum Gasteiger partial charge on any atom is -0.504 e. The first-order valence-corrected chi connectivity index (χ1v) is 6.45. The molecule has 3 heterocycles. The Kier molecular flexibility index (Phi) is 2.88. The predicted octanol–water partition coefficient (Wildman–Crippen LogP) is 1.68.